The van der Waals surface area contributed by atoms with E-state index in [1.54, 1.807) is 10.3 Å². The average Bonchev–Trinajstić information content (AvgIpc) is 2.95. The summed E-state index contributed by atoms with van der Waals surface area (Å²) in [6, 6.07) is -0.122. The highest BCUT2D eigenvalue weighted by Crippen LogP contribution is 2.34. The predicted octanol–water partition coefficient (Wildman–Crippen LogP) is 2.31. The minimum atomic E-state index is -0.547. The fourth-order valence-corrected chi connectivity index (χ4v) is 3.07. The summed E-state index contributed by atoms with van der Waals surface area (Å²) in [4.78, 5) is 29.2. The molecule has 7 heteroatoms. The largest absolute Gasteiger partial charge is 0.444 e. The molecule has 2 rings (SSSR count). The number of hydrogen-bond acceptors (Lipinski definition) is 5. The number of thiazole rings is 1. The minimum absolute atomic E-state index is 0.122. The first kappa shape index (κ1) is 14.8. The first-order chi connectivity index (χ1) is 9.28. The Bertz CT molecular complexity index is 521. The smallest absolute Gasteiger partial charge is 0.410 e. The Kier molecular flexibility index (Phi) is 3.99. The third kappa shape index (κ3) is 3.27. The molecule has 1 aliphatic rings. The van der Waals surface area contributed by atoms with Crippen LogP contribution in [0.2, 0.25) is 0 Å². The van der Waals surface area contributed by atoms with Gasteiger partial charge in [-0.3, -0.25) is 9.69 Å². The van der Waals surface area contributed by atoms with Gasteiger partial charge in [0.05, 0.1) is 6.04 Å². The summed E-state index contributed by atoms with van der Waals surface area (Å²) in [6.45, 7) is 6.16. The fourth-order valence-electron chi connectivity index (χ4n) is 2.12. The van der Waals surface area contributed by atoms with Gasteiger partial charge < -0.3 is 10.5 Å². The van der Waals surface area contributed by atoms with Crippen molar-refractivity contribution in [1.29, 1.82) is 0 Å². The Balaban J connectivity index is 2.14. The van der Waals surface area contributed by atoms with Crippen molar-refractivity contribution in [3.05, 3.63) is 16.1 Å². The third-order valence-electron chi connectivity index (χ3n) is 2.94. The standard InChI is InChI=1S/C13H19N3O3S/c1-13(2,3)19-12(18)16-6-4-5-9(16)11-15-8(7-20-11)10(14)17/h7,9H,4-6H2,1-3H3,(H2,14,17). The lowest BCUT2D eigenvalue weighted by Crippen LogP contribution is -2.36. The van der Waals surface area contributed by atoms with E-state index in [-0.39, 0.29) is 17.8 Å². The van der Waals surface area contributed by atoms with Crippen molar-refractivity contribution in [3.63, 3.8) is 0 Å². The fraction of sp³-hybridized carbons (Fsp3) is 0.615. The molecule has 0 bridgehead atoms. The van der Waals surface area contributed by atoms with Gasteiger partial charge >= 0.3 is 6.09 Å². The molecular formula is C13H19N3O3S. The predicted molar refractivity (Wildman–Crippen MR) is 75.5 cm³/mol. The van der Waals surface area contributed by atoms with Crippen LogP contribution in [0.25, 0.3) is 0 Å². The lowest BCUT2D eigenvalue weighted by Gasteiger charge is -2.27. The lowest BCUT2D eigenvalue weighted by atomic mass is 10.2. The molecule has 1 atom stereocenters. The van der Waals surface area contributed by atoms with Gasteiger partial charge in [0.25, 0.3) is 5.91 Å². The van der Waals surface area contributed by atoms with Crippen molar-refractivity contribution < 1.29 is 14.3 Å². The molecule has 1 aromatic rings. The van der Waals surface area contributed by atoms with Crippen LogP contribution in [0.1, 0.15) is 55.2 Å². The quantitative estimate of drug-likeness (QED) is 0.907. The molecule has 0 radical (unpaired) electrons. The molecule has 6 nitrogen and oxygen atoms in total. The number of aromatic nitrogens is 1. The van der Waals surface area contributed by atoms with Crippen molar-refractivity contribution in [2.45, 2.75) is 45.3 Å². The zero-order valence-electron chi connectivity index (χ0n) is 11.9. The highest BCUT2D eigenvalue weighted by Gasteiger charge is 2.35. The first-order valence-corrected chi connectivity index (χ1v) is 7.41. The van der Waals surface area contributed by atoms with Crippen LogP contribution >= 0.6 is 11.3 Å². The molecule has 1 fully saturated rings. The molecule has 0 spiro atoms. The van der Waals surface area contributed by atoms with Crippen LogP contribution in [0.5, 0.6) is 0 Å². The summed E-state index contributed by atoms with van der Waals surface area (Å²) >= 11 is 1.35. The van der Waals surface area contributed by atoms with Crippen LogP contribution in [0.4, 0.5) is 4.79 Å². The molecule has 1 aliphatic heterocycles. The number of rotatable bonds is 2. The van der Waals surface area contributed by atoms with Crippen LogP contribution in [-0.4, -0.2) is 34.0 Å². The molecule has 1 unspecified atom stereocenters. The molecule has 20 heavy (non-hydrogen) atoms. The van der Waals surface area contributed by atoms with Gasteiger partial charge in [-0.15, -0.1) is 11.3 Å². The number of likely N-dealkylation sites (tertiary alicyclic amines) is 1. The number of primary amides is 1. The monoisotopic (exact) mass is 297 g/mol. The van der Waals surface area contributed by atoms with Gasteiger partial charge in [0, 0.05) is 11.9 Å². The highest BCUT2D eigenvalue weighted by molar-refractivity contribution is 7.09. The SMILES string of the molecule is CC(C)(C)OC(=O)N1CCCC1c1nc(C(N)=O)cs1. The second-order valence-electron chi connectivity index (χ2n) is 5.77. The van der Waals surface area contributed by atoms with E-state index in [0.29, 0.717) is 6.54 Å². The Morgan fingerprint density at radius 3 is 2.75 bits per heavy atom. The van der Waals surface area contributed by atoms with E-state index in [0.717, 1.165) is 17.8 Å². The maximum absolute atomic E-state index is 12.2. The Hall–Kier alpha value is -1.63. The third-order valence-corrected chi connectivity index (χ3v) is 3.89. The van der Waals surface area contributed by atoms with Crippen molar-refractivity contribution in [2.24, 2.45) is 5.73 Å². The average molecular weight is 297 g/mol. The zero-order chi connectivity index (χ0) is 14.9. The number of nitrogens with two attached hydrogens (primary N) is 1. The van der Waals surface area contributed by atoms with Gasteiger partial charge in [0.2, 0.25) is 0 Å². The number of carbonyl (C=O) groups excluding carboxylic acids is 2. The Labute approximate surface area is 121 Å². The van der Waals surface area contributed by atoms with E-state index < -0.39 is 11.5 Å². The van der Waals surface area contributed by atoms with E-state index in [2.05, 4.69) is 4.98 Å². The van der Waals surface area contributed by atoms with Gasteiger partial charge in [-0.1, -0.05) is 0 Å². The topological polar surface area (TPSA) is 85.5 Å². The van der Waals surface area contributed by atoms with Crippen molar-refractivity contribution in [1.82, 2.24) is 9.88 Å². The van der Waals surface area contributed by atoms with Gasteiger partial charge in [-0.2, -0.15) is 0 Å². The summed E-state index contributed by atoms with van der Waals surface area (Å²) in [5.74, 6) is -0.547. The summed E-state index contributed by atoms with van der Waals surface area (Å²) in [5, 5.41) is 2.37. The lowest BCUT2D eigenvalue weighted by molar-refractivity contribution is 0.0224. The van der Waals surface area contributed by atoms with E-state index in [4.69, 9.17) is 10.5 Å². The van der Waals surface area contributed by atoms with Crippen molar-refractivity contribution in [3.8, 4) is 0 Å². The molecule has 0 saturated carbocycles. The highest BCUT2D eigenvalue weighted by atomic mass is 32.1. The van der Waals surface area contributed by atoms with Gasteiger partial charge in [-0.25, -0.2) is 9.78 Å². The maximum Gasteiger partial charge on any atom is 0.410 e. The molecule has 0 aromatic carbocycles. The molecule has 1 aromatic heterocycles. The van der Waals surface area contributed by atoms with E-state index in [1.165, 1.54) is 11.3 Å². The molecule has 2 N–H and O–H groups in total. The number of hydrogen-bond donors (Lipinski definition) is 1. The Morgan fingerprint density at radius 2 is 2.20 bits per heavy atom. The van der Waals surface area contributed by atoms with E-state index >= 15 is 0 Å². The van der Waals surface area contributed by atoms with E-state index in [9.17, 15) is 9.59 Å². The van der Waals surface area contributed by atoms with Crippen LogP contribution in [0.3, 0.4) is 0 Å². The van der Waals surface area contributed by atoms with Crippen LogP contribution in [0, 0.1) is 0 Å². The minimum Gasteiger partial charge on any atom is -0.444 e. The van der Waals surface area contributed by atoms with Crippen LogP contribution in [-0.2, 0) is 4.74 Å². The normalized spacial score (nSPS) is 19.1. The van der Waals surface area contributed by atoms with Crippen molar-refractivity contribution >= 4 is 23.3 Å². The van der Waals surface area contributed by atoms with Gasteiger partial charge in [0.1, 0.15) is 16.3 Å². The molecule has 110 valence electrons. The summed E-state index contributed by atoms with van der Waals surface area (Å²) in [5.41, 5.74) is 4.93. The number of amides is 2. The molecule has 2 heterocycles. The zero-order valence-corrected chi connectivity index (χ0v) is 12.7. The second-order valence-corrected chi connectivity index (χ2v) is 6.66. The molecular weight excluding hydrogens is 278 g/mol. The number of nitrogens with zero attached hydrogens (tertiary/aromatic N) is 2. The second kappa shape index (κ2) is 5.40. The van der Waals surface area contributed by atoms with Gasteiger partial charge in [0.15, 0.2) is 0 Å². The van der Waals surface area contributed by atoms with Crippen molar-refractivity contribution in [2.75, 3.05) is 6.54 Å². The van der Waals surface area contributed by atoms with Crippen LogP contribution in [0.15, 0.2) is 5.38 Å². The maximum atomic E-state index is 12.2. The molecule has 2 amide bonds. The summed E-state index contributed by atoms with van der Waals surface area (Å²) in [6.07, 6.45) is 1.39. The van der Waals surface area contributed by atoms with Crippen LogP contribution < -0.4 is 5.73 Å². The number of ether oxygens (including phenoxy) is 1. The molecule has 0 aliphatic carbocycles. The first-order valence-electron chi connectivity index (χ1n) is 6.53. The number of carbonyl (C=O) groups is 2. The van der Waals surface area contributed by atoms with E-state index in [1.807, 2.05) is 20.8 Å². The summed E-state index contributed by atoms with van der Waals surface area (Å²) < 4.78 is 5.40. The molecule has 1 saturated heterocycles. The summed E-state index contributed by atoms with van der Waals surface area (Å²) in [7, 11) is 0. The Morgan fingerprint density at radius 1 is 1.50 bits per heavy atom. The van der Waals surface area contributed by atoms with Gasteiger partial charge in [-0.05, 0) is 33.6 Å².